The molecular formula is C13H21NO. The van der Waals surface area contributed by atoms with E-state index in [1.807, 2.05) is 6.07 Å². The zero-order valence-corrected chi connectivity index (χ0v) is 10.1. The molecule has 0 heterocycles. The van der Waals surface area contributed by atoms with E-state index < -0.39 is 0 Å². The number of aryl methyl sites for hydroxylation is 2. The van der Waals surface area contributed by atoms with Gasteiger partial charge in [-0.05, 0) is 50.8 Å². The Morgan fingerprint density at radius 1 is 1.33 bits per heavy atom. The number of methoxy groups -OCH3 is 1. The van der Waals surface area contributed by atoms with E-state index in [-0.39, 0.29) is 5.54 Å². The van der Waals surface area contributed by atoms with Crippen molar-refractivity contribution in [3.63, 3.8) is 0 Å². The van der Waals surface area contributed by atoms with Crippen LogP contribution in [0.4, 0.5) is 0 Å². The monoisotopic (exact) mass is 207 g/mol. The van der Waals surface area contributed by atoms with E-state index in [0.717, 1.165) is 18.6 Å². The predicted octanol–water partition coefficient (Wildman–Crippen LogP) is 2.67. The summed E-state index contributed by atoms with van der Waals surface area (Å²) in [7, 11) is 1.70. The summed E-state index contributed by atoms with van der Waals surface area (Å²) in [6, 6.07) is 6.30. The van der Waals surface area contributed by atoms with Crippen molar-refractivity contribution in [2.75, 3.05) is 7.11 Å². The molecule has 0 bridgehead atoms. The van der Waals surface area contributed by atoms with Crippen LogP contribution >= 0.6 is 0 Å². The summed E-state index contributed by atoms with van der Waals surface area (Å²) in [5, 5.41) is 0. The van der Waals surface area contributed by atoms with Gasteiger partial charge in [0.05, 0.1) is 7.11 Å². The van der Waals surface area contributed by atoms with E-state index in [0.29, 0.717) is 0 Å². The molecular weight excluding hydrogens is 186 g/mol. The van der Waals surface area contributed by atoms with Crippen LogP contribution in [0.15, 0.2) is 18.2 Å². The van der Waals surface area contributed by atoms with Crippen molar-refractivity contribution >= 4 is 0 Å². The largest absolute Gasteiger partial charge is 0.496 e. The van der Waals surface area contributed by atoms with Crippen LogP contribution in [-0.2, 0) is 6.42 Å². The molecule has 0 aliphatic rings. The minimum Gasteiger partial charge on any atom is -0.496 e. The Bertz CT molecular complexity index is 326. The maximum atomic E-state index is 5.95. The highest BCUT2D eigenvalue weighted by Gasteiger charge is 2.10. The Labute approximate surface area is 92.4 Å². The Morgan fingerprint density at radius 2 is 2.00 bits per heavy atom. The first-order valence-electron chi connectivity index (χ1n) is 5.35. The Balaban J connectivity index is 2.68. The third kappa shape index (κ3) is 3.92. The maximum absolute atomic E-state index is 5.95. The minimum absolute atomic E-state index is 0.0895. The lowest BCUT2D eigenvalue weighted by Crippen LogP contribution is -2.32. The molecule has 1 rings (SSSR count). The molecule has 2 heteroatoms. The van der Waals surface area contributed by atoms with Crippen molar-refractivity contribution in [1.82, 2.24) is 0 Å². The summed E-state index contributed by atoms with van der Waals surface area (Å²) in [4.78, 5) is 0. The van der Waals surface area contributed by atoms with Gasteiger partial charge in [-0.1, -0.05) is 12.1 Å². The molecule has 0 aromatic heterocycles. The van der Waals surface area contributed by atoms with Crippen molar-refractivity contribution in [3.05, 3.63) is 29.3 Å². The number of hydrogen-bond acceptors (Lipinski definition) is 2. The number of benzene rings is 1. The molecule has 1 aromatic carbocycles. The van der Waals surface area contributed by atoms with Crippen LogP contribution < -0.4 is 10.5 Å². The van der Waals surface area contributed by atoms with Crippen LogP contribution in [0.1, 0.15) is 31.4 Å². The molecule has 2 N–H and O–H groups in total. The summed E-state index contributed by atoms with van der Waals surface area (Å²) >= 11 is 0. The van der Waals surface area contributed by atoms with Gasteiger partial charge < -0.3 is 10.5 Å². The number of nitrogens with two attached hydrogens (primary N) is 1. The highest BCUT2D eigenvalue weighted by Crippen LogP contribution is 2.20. The van der Waals surface area contributed by atoms with E-state index >= 15 is 0 Å². The molecule has 0 fully saturated rings. The fourth-order valence-electron chi connectivity index (χ4n) is 1.56. The molecule has 1 aromatic rings. The number of hydrogen-bond donors (Lipinski definition) is 1. The summed E-state index contributed by atoms with van der Waals surface area (Å²) in [5.74, 6) is 0.950. The van der Waals surface area contributed by atoms with Crippen LogP contribution in [0.5, 0.6) is 5.75 Å². The first kappa shape index (κ1) is 12.1. The van der Waals surface area contributed by atoms with Gasteiger partial charge in [0.1, 0.15) is 5.75 Å². The first-order valence-corrected chi connectivity index (χ1v) is 5.35. The molecule has 0 unspecified atom stereocenters. The Kier molecular flexibility index (Phi) is 3.75. The first-order chi connectivity index (χ1) is 6.92. The lowest BCUT2D eigenvalue weighted by atomic mass is 9.96. The Morgan fingerprint density at radius 3 is 2.47 bits per heavy atom. The summed E-state index contributed by atoms with van der Waals surface area (Å²) < 4.78 is 5.22. The van der Waals surface area contributed by atoms with Gasteiger partial charge in [0.25, 0.3) is 0 Å². The second kappa shape index (κ2) is 4.67. The number of ether oxygens (including phenoxy) is 1. The SMILES string of the molecule is COc1ccc(CCC(C)(C)N)cc1C. The molecule has 0 aliphatic heterocycles. The van der Waals surface area contributed by atoms with Gasteiger partial charge >= 0.3 is 0 Å². The molecule has 0 amide bonds. The molecule has 0 saturated heterocycles. The van der Waals surface area contributed by atoms with E-state index in [9.17, 15) is 0 Å². The van der Waals surface area contributed by atoms with E-state index in [2.05, 4.69) is 32.9 Å². The molecule has 0 atom stereocenters. The van der Waals surface area contributed by atoms with Crippen molar-refractivity contribution < 1.29 is 4.74 Å². The average molecular weight is 207 g/mol. The zero-order valence-electron chi connectivity index (χ0n) is 10.1. The molecule has 15 heavy (non-hydrogen) atoms. The molecule has 0 radical (unpaired) electrons. The van der Waals surface area contributed by atoms with Crippen molar-refractivity contribution in [2.24, 2.45) is 5.73 Å². The van der Waals surface area contributed by atoms with Gasteiger partial charge in [-0.2, -0.15) is 0 Å². The summed E-state index contributed by atoms with van der Waals surface area (Å²) in [5.41, 5.74) is 8.37. The van der Waals surface area contributed by atoms with Gasteiger partial charge in [-0.25, -0.2) is 0 Å². The van der Waals surface area contributed by atoms with Gasteiger partial charge in [-0.3, -0.25) is 0 Å². The van der Waals surface area contributed by atoms with Crippen molar-refractivity contribution in [1.29, 1.82) is 0 Å². The Hall–Kier alpha value is -1.02. The second-order valence-corrected chi connectivity index (χ2v) is 4.79. The van der Waals surface area contributed by atoms with Crippen LogP contribution in [0.2, 0.25) is 0 Å². The molecule has 0 aliphatic carbocycles. The second-order valence-electron chi connectivity index (χ2n) is 4.79. The van der Waals surface area contributed by atoms with Crippen LogP contribution in [0, 0.1) is 6.92 Å². The summed E-state index contributed by atoms with van der Waals surface area (Å²) in [6.07, 6.45) is 2.02. The van der Waals surface area contributed by atoms with Crippen LogP contribution in [0.25, 0.3) is 0 Å². The van der Waals surface area contributed by atoms with Gasteiger partial charge in [0.2, 0.25) is 0 Å². The maximum Gasteiger partial charge on any atom is 0.121 e. The van der Waals surface area contributed by atoms with Gasteiger partial charge in [0.15, 0.2) is 0 Å². The van der Waals surface area contributed by atoms with E-state index in [1.165, 1.54) is 11.1 Å². The van der Waals surface area contributed by atoms with Gasteiger partial charge in [-0.15, -0.1) is 0 Å². The van der Waals surface area contributed by atoms with E-state index in [1.54, 1.807) is 7.11 Å². The highest BCUT2D eigenvalue weighted by atomic mass is 16.5. The third-order valence-electron chi connectivity index (χ3n) is 2.52. The highest BCUT2D eigenvalue weighted by molar-refractivity contribution is 5.36. The quantitative estimate of drug-likeness (QED) is 0.823. The molecule has 0 spiro atoms. The fraction of sp³-hybridized carbons (Fsp3) is 0.538. The van der Waals surface area contributed by atoms with Gasteiger partial charge in [0, 0.05) is 5.54 Å². The lowest BCUT2D eigenvalue weighted by Gasteiger charge is -2.18. The normalized spacial score (nSPS) is 11.5. The van der Waals surface area contributed by atoms with Crippen molar-refractivity contribution in [3.8, 4) is 5.75 Å². The molecule has 84 valence electrons. The third-order valence-corrected chi connectivity index (χ3v) is 2.52. The zero-order chi connectivity index (χ0) is 11.5. The van der Waals surface area contributed by atoms with Crippen LogP contribution in [-0.4, -0.2) is 12.6 Å². The topological polar surface area (TPSA) is 35.2 Å². The predicted molar refractivity (Wildman–Crippen MR) is 64.3 cm³/mol. The standard InChI is InChI=1S/C13H21NO/c1-10-9-11(5-6-12(10)15-4)7-8-13(2,3)14/h5-6,9H,7-8,14H2,1-4H3. The smallest absolute Gasteiger partial charge is 0.121 e. The average Bonchev–Trinajstić information content (AvgIpc) is 2.14. The number of rotatable bonds is 4. The lowest BCUT2D eigenvalue weighted by molar-refractivity contribution is 0.411. The van der Waals surface area contributed by atoms with E-state index in [4.69, 9.17) is 10.5 Å². The minimum atomic E-state index is -0.0895. The molecule has 2 nitrogen and oxygen atoms in total. The fourth-order valence-corrected chi connectivity index (χ4v) is 1.56. The summed E-state index contributed by atoms with van der Waals surface area (Å²) in [6.45, 7) is 6.18. The van der Waals surface area contributed by atoms with Crippen molar-refractivity contribution in [2.45, 2.75) is 39.2 Å². The van der Waals surface area contributed by atoms with Crippen LogP contribution in [0.3, 0.4) is 0 Å². The molecule has 0 saturated carbocycles.